The molecule has 2 aliphatic rings. The van der Waals surface area contributed by atoms with Crippen LogP contribution in [0.5, 0.6) is 5.75 Å². The summed E-state index contributed by atoms with van der Waals surface area (Å²) in [4.78, 5) is 0. The Kier molecular flexibility index (Phi) is 5.85. The maximum absolute atomic E-state index is 11.2. The monoisotopic (exact) mass is 434 g/mol. The average molecular weight is 435 g/mol. The topological polar surface area (TPSA) is 56.5 Å². The van der Waals surface area contributed by atoms with Gasteiger partial charge in [0.05, 0.1) is 11.8 Å². The minimum absolute atomic E-state index is 0.0294. The number of hydrogen-bond acceptors (Lipinski definition) is 4. The van der Waals surface area contributed by atoms with E-state index in [1.807, 2.05) is 29.1 Å². The molecule has 2 fully saturated rings. The van der Waals surface area contributed by atoms with Crippen LogP contribution in [0.2, 0.25) is 0 Å². The van der Waals surface area contributed by atoms with Gasteiger partial charge in [0.15, 0.2) is 0 Å². The van der Waals surface area contributed by atoms with Crippen molar-refractivity contribution in [3.63, 3.8) is 0 Å². The molecule has 2 unspecified atom stereocenters. The maximum Gasteiger partial charge on any atom is 0.150 e. The molecule has 2 aromatic rings. The molecule has 6 heteroatoms. The summed E-state index contributed by atoms with van der Waals surface area (Å²) in [5.74, 6) is 0.763. The molecule has 0 spiro atoms. The van der Waals surface area contributed by atoms with Crippen LogP contribution in [0.4, 0.5) is 0 Å². The average Bonchev–Trinajstić information content (AvgIpc) is 3.10. The fraction of sp³-hybridized carbons (Fsp3) is 0.571. The molecule has 5 nitrogen and oxygen atoms in total. The Morgan fingerprint density at radius 3 is 2.78 bits per heavy atom. The number of ether oxygens (including phenoxy) is 2. The largest absolute Gasteiger partial charge is 0.490 e. The van der Waals surface area contributed by atoms with Gasteiger partial charge in [0.2, 0.25) is 0 Å². The Labute approximate surface area is 168 Å². The van der Waals surface area contributed by atoms with Gasteiger partial charge in [0.25, 0.3) is 0 Å². The minimum atomic E-state index is -0.773. The van der Waals surface area contributed by atoms with Gasteiger partial charge in [-0.3, -0.25) is 0 Å². The van der Waals surface area contributed by atoms with E-state index in [1.54, 1.807) is 0 Å². The fourth-order valence-corrected chi connectivity index (χ4v) is 4.08. The number of aryl methyl sites for hydroxylation is 1. The molecule has 1 aliphatic heterocycles. The van der Waals surface area contributed by atoms with Gasteiger partial charge in [0, 0.05) is 28.4 Å². The standard InChI is InChI=1S/C21H27BrN2O3/c1-2-18-17(13-24(23-18)20-8-3-4-11-26-20)21(25)16-12-14(22)9-10-19(16)27-15-6-5-7-15/h9-10,12-13,15,20-21,25H,2-8,11H2,1H3. The van der Waals surface area contributed by atoms with E-state index in [0.717, 1.165) is 72.2 Å². The quantitative estimate of drug-likeness (QED) is 0.700. The minimum Gasteiger partial charge on any atom is -0.490 e. The van der Waals surface area contributed by atoms with Crippen molar-refractivity contribution in [3.8, 4) is 5.75 Å². The lowest BCUT2D eigenvalue weighted by molar-refractivity contribution is -0.0397. The van der Waals surface area contributed by atoms with Gasteiger partial charge < -0.3 is 14.6 Å². The molecule has 1 saturated heterocycles. The number of benzene rings is 1. The van der Waals surface area contributed by atoms with Crippen LogP contribution in [0.1, 0.15) is 74.6 Å². The molecule has 1 N–H and O–H groups in total. The lowest BCUT2D eigenvalue weighted by Crippen LogP contribution is -2.25. The van der Waals surface area contributed by atoms with E-state index in [2.05, 4.69) is 22.9 Å². The third kappa shape index (κ3) is 4.08. The van der Waals surface area contributed by atoms with Crippen LogP contribution < -0.4 is 4.74 Å². The Bertz CT molecular complexity index is 782. The second-order valence-electron chi connectivity index (χ2n) is 7.44. The van der Waals surface area contributed by atoms with Gasteiger partial charge in [0.1, 0.15) is 18.1 Å². The highest BCUT2D eigenvalue weighted by atomic mass is 79.9. The number of hydrogen-bond donors (Lipinski definition) is 1. The van der Waals surface area contributed by atoms with Crippen LogP contribution in [-0.4, -0.2) is 27.6 Å². The summed E-state index contributed by atoms with van der Waals surface area (Å²) in [6.45, 7) is 2.84. The maximum atomic E-state index is 11.2. The van der Waals surface area contributed by atoms with Gasteiger partial charge in [-0.2, -0.15) is 5.10 Å². The fourth-order valence-electron chi connectivity index (χ4n) is 3.70. The Hall–Kier alpha value is -1.37. The summed E-state index contributed by atoms with van der Waals surface area (Å²) < 4.78 is 14.8. The van der Waals surface area contributed by atoms with E-state index < -0.39 is 6.10 Å². The smallest absolute Gasteiger partial charge is 0.150 e. The van der Waals surface area contributed by atoms with Gasteiger partial charge in [-0.15, -0.1) is 0 Å². The zero-order valence-corrected chi connectivity index (χ0v) is 17.3. The molecule has 4 rings (SSSR count). The summed E-state index contributed by atoms with van der Waals surface area (Å²) in [7, 11) is 0. The van der Waals surface area contributed by atoms with E-state index in [0.29, 0.717) is 0 Å². The lowest BCUT2D eigenvalue weighted by atomic mass is 9.95. The lowest BCUT2D eigenvalue weighted by Gasteiger charge is -2.28. The first kappa shape index (κ1) is 19.0. The summed E-state index contributed by atoms with van der Waals surface area (Å²) in [6.07, 6.45) is 8.78. The van der Waals surface area contributed by atoms with Gasteiger partial charge >= 0.3 is 0 Å². The van der Waals surface area contributed by atoms with Crippen LogP contribution in [0, 0.1) is 0 Å². The van der Waals surface area contributed by atoms with E-state index in [9.17, 15) is 5.11 Å². The predicted octanol–water partition coefficient (Wildman–Crippen LogP) is 4.92. The van der Waals surface area contributed by atoms with Crippen LogP contribution in [0.3, 0.4) is 0 Å². The van der Waals surface area contributed by atoms with Crippen LogP contribution >= 0.6 is 15.9 Å². The zero-order valence-electron chi connectivity index (χ0n) is 15.7. The molecule has 2 heterocycles. The van der Waals surface area contributed by atoms with E-state index in [-0.39, 0.29) is 12.3 Å². The third-order valence-corrected chi connectivity index (χ3v) is 6.03. The van der Waals surface area contributed by atoms with Crippen LogP contribution in [0.25, 0.3) is 0 Å². The Balaban J connectivity index is 1.64. The Morgan fingerprint density at radius 1 is 1.26 bits per heavy atom. The first-order valence-electron chi connectivity index (χ1n) is 9.99. The van der Waals surface area contributed by atoms with Crippen molar-refractivity contribution in [1.29, 1.82) is 0 Å². The summed E-state index contributed by atoms with van der Waals surface area (Å²) in [5.41, 5.74) is 2.53. The molecule has 0 bridgehead atoms. The number of aliphatic hydroxyl groups excluding tert-OH is 1. The van der Waals surface area contributed by atoms with E-state index in [4.69, 9.17) is 14.6 Å². The Morgan fingerprint density at radius 2 is 2.11 bits per heavy atom. The summed E-state index contributed by atoms with van der Waals surface area (Å²) in [6, 6.07) is 5.86. The number of aliphatic hydroxyl groups is 1. The van der Waals surface area contributed by atoms with Crippen molar-refractivity contribution in [1.82, 2.24) is 9.78 Å². The van der Waals surface area contributed by atoms with Gasteiger partial charge in [-0.05, 0) is 63.1 Å². The number of nitrogens with zero attached hydrogens (tertiary/aromatic N) is 2. The predicted molar refractivity (Wildman–Crippen MR) is 107 cm³/mol. The first-order chi connectivity index (χ1) is 13.2. The molecular weight excluding hydrogens is 408 g/mol. The molecule has 146 valence electrons. The summed E-state index contributed by atoms with van der Waals surface area (Å²) >= 11 is 3.53. The molecule has 1 aliphatic carbocycles. The molecule has 2 atom stereocenters. The van der Waals surface area contributed by atoms with E-state index >= 15 is 0 Å². The highest BCUT2D eigenvalue weighted by Gasteiger charge is 2.26. The van der Waals surface area contributed by atoms with Crippen molar-refractivity contribution < 1.29 is 14.6 Å². The second kappa shape index (κ2) is 8.33. The van der Waals surface area contributed by atoms with Crippen molar-refractivity contribution in [2.45, 2.75) is 70.3 Å². The molecule has 1 saturated carbocycles. The summed E-state index contributed by atoms with van der Waals surface area (Å²) in [5, 5.41) is 15.9. The van der Waals surface area contributed by atoms with Gasteiger partial charge in [-0.1, -0.05) is 22.9 Å². The second-order valence-corrected chi connectivity index (χ2v) is 8.36. The number of rotatable bonds is 6. The number of aromatic nitrogens is 2. The molecular formula is C21H27BrN2O3. The third-order valence-electron chi connectivity index (χ3n) is 5.53. The highest BCUT2D eigenvalue weighted by molar-refractivity contribution is 9.10. The SMILES string of the molecule is CCc1nn(C2CCCCO2)cc1C(O)c1cc(Br)ccc1OC1CCC1. The molecule has 1 aromatic heterocycles. The van der Waals surface area contributed by atoms with Crippen molar-refractivity contribution in [3.05, 3.63) is 45.7 Å². The van der Waals surface area contributed by atoms with Crippen molar-refractivity contribution in [2.75, 3.05) is 6.61 Å². The first-order valence-corrected chi connectivity index (χ1v) is 10.8. The zero-order chi connectivity index (χ0) is 18.8. The van der Waals surface area contributed by atoms with Crippen LogP contribution in [-0.2, 0) is 11.2 Å². The normalized spacial score (nSPS) is 21.7. The molecule has 27 heavy (non-hydrogen) atoms. The van der Waals surface area contributed by atoms with E-state index in [1.165, 1.54) is 6.42 Å². The molecule has 0 radical (unpaired) electrons. The van der Waals surface area contributed by atoms with Crippen molar-refractivity contribution >= 4 is 15.9 Å². The number of halogens is 1. The molecule has 0 amide bonds. The van der Waals surface area contributed by atoms with Crippen molar-refractivity contribution in [2.24, 2.45) is 0 Å². The van der Waals surface area contributed by atoms with Gasteiger partial charge in [-0.25, -0.2) is 4.68 Å². The van der Waals surface area contributed by atoms with Crippen LogP contribution in [0.15, 0.2) is 28.9 Å². The highest BCUT2D eigenvalue weighted by Crippen LogP contribution is 2.37. The molecule has 1 aromatic carbocycles.